The molecule has 1 amide bonds. The summed E-state index contributed by atoms with van der Waals surface area (Å²) >= 11 is 0. The Labute approximate surface area is 181 Å². The molecule has 31 heavy (non-hydrogen) atoms. The number of H-pyrrole nitrogens is 1. The van der Waals surface area contributed by atoms with Crippen LogP contribution in [0.25, 0.3) is 0 Å². The first-order valence-corrected chi connectivity index (χ1v) is 10.3. The van der Waals surface area contributed by atoms with Crippen molar-refractivity contribution in [3.05, 3.63) is 62.2 Å². The van der Waals surface area contributed by atoms with Gasteiger partial charge >= 0.3 is 11.7 Å². The maximum Gasteiger partial charge on any atom is 0.410 e. The minimum Gasteiger partial charge on any atom is -0.497 e. The van der Waals surface area contributed by atoms with Crippen LogP contribution in [-0.4, -0.2) is 64.6 Å². The average Bonchev–Trinajstić information content (AvgIpc) is 2.73. The van der Waals surface area contributed by atoms with Gasteiger partial charge in [0.1, 0.15) is 11.4 Å². The fraction of sp³-hybridized carbons (Fsp3) is 0.500. The van der Waals surface area contributed by atoms with E-state index in [1.54, 1.807) is 18.2 Å². The van der Waals surface area contributed by atoms with Crippen LogP contribution in [0, 0.1) is 0 Å². The van der Waals surface area contributed by atoms with E-state index in [4.69, 9.17) is 9.47 Å². The number of benzene rings is 1. The summed E-state index contributed by atoms with van der Waals surface area (Å²) < 4.78 is 11.8. The lowest BCUT2D eigenvalue weighted by Crippen LogP contribution is -2.50. The van der Waals surface area contributed by atoms with Crippen LogP contribution >= 0.6 is 0 Å². The number of carbonyl (C=O) groups excluding carboxylic acids is 1. The van der Waals surface area contributed by atoms with Crippen LogP contribution in [0.15, 0.2) is 40.1 Å². The Balaban J connectivity index is 1.60. The van der Waals surface area contributed by atoms with Gasteiger partial charge in [-0.3, -0.25) is 14.5 Å². The highest BCUT2D eigenvalue weighted by Crippen LogP contribution is 2.13. The van der Waals surface area contributed by atoms with E-state index in [0.29, 0.717) is 38.3 Å². The fourth-order valence-electron chi connectivity index (χ4n) is 3.34. The Morgan fingerprint density at radius 2 is 1.68 bits per heavy atom. The molecule has 0 bridgehead atoms. The number of rotatable bonds is 5. The number of aromatic amines is 1. The molecule has 0 atom stereocenters. The van der Waals surface area contributed by atoms with Crippen LogP contribution < -0.4 is 15.7 Å². The number of amides is 1. The van der Waals surface area contributed by atoms with Crippen LogP contribution in [0.4, 0.5) is 4.79 Å². The number of ether oxygens (including phenoxy) is 2. The number of nitrogens with one attached hydrogen (secondary N) is 1. The summed E-state index contributed by atoms with van der Waals surface area (Å²) in [7, 11) is 1.59. The predicted molar refractivity (Wildman–Crippen MR) is 117 cm³/mol. The van der Waals surface area contributed by atoms with Gasteiger partial charge < -0.3 is 19.5 Å². The first-order valence-electron chi connectivity index (χ1n) is 10.3. The minimum absolute atomic E-state index is 0.271. The van der Waals surface area contributed by atoms with Crippen LogP contribution in [0.5, 0.6) is 5.75 Å². The van der Waals surface area contributed by atoms with Gasteiger partial charge in [-0.15, -0.1) is 0 Å². The summed E-state index contributed by atoms with van der Waals surface area (Å²) in [5, 5.41) is 2.93. The molecule has 3 rings (SSSR count). The van der Waals surface area contributed by atoms with Gasteiger partial charge in [0.05, 0.1) is 13.7 Å². The van der Waals surface area contributed by atoms with E-state index in [1.807, 2.05) is 45.0 Å². The van der Waals surface area contributed by atoms with Gasteiger partial charge in [-0.25, -0.2) is 9.48 Å². The minimum atomic E-state index is -0.583. The maximum atomic E-state index is 12.6. The second-order valence-electron chi connectivity index (χ2n) is 8.61. The molecule has 9 nitrogen and oxygen atoms in total. The smallest absolute Gasteiger partial charge is 0.410 e. The number of methoxy groups -OCH3 is 1. The van der Waals surface area contributed by atoms with E-state index in [-0.39, 0.29) is 12.6 Å². The SMILES string of the molecule is COc1ccc(Cn2[nH]cc(CN3CCN(C(=O)OC(C)(C)C)CC3)c(=O)c2=O)cc1. The van der Waals surface area contributed by atoms with E-state index in [9.17, 15) is 14.4 Å². The van der Waals surface area contributed by atoms with E-state index in [0.717, 1.165) is 11.3 Å². The number of aromatic nitrogens is 2. The molecule has 9 heteroatoms. The van der Waals surface area contributed by atoms with Crippen molar-refractivity contribution in [3.8, 4) is 5.75 Å². The molecule has 1 aliphatic heterocycles. The zero-order chi connectivity index (χ0) is 22.6. The highest BCUT2D eigenvalue weighted by atomic mass is 16.6. The molecule has 0 unspecified atom stereocenters. The second kappa shape index (κ2) is 9.38. The van der Waals surface area contributed by atoms with E-state index < -0.39 is 16.6 Å². The maximum absolute atomic E-state index is 12.6. The number of carbonyl (C=O) groups is 1. The van der Waals surface area contributed by atoms with Gasteiger partial charge in [-0.05, 0) is 38.5 Å². The molecule has 0 radical (unpaired) electrons. The molecule has 1 aromatic heterocycles. The number of nitrogens with zero attached hydrogens (tertiary/aromatic N) is 3. The largest absolute Gasteiger partial charge is 0.497 e. The first-order chi connectivity index (χ1) is 14.7. The van der Waals surface area contributed by atoms with Gasteiger partial charge in [-0.1, -0.05) is 12.1 Å². The van der Waals surface area contributed by atoms with Crippen molar-refractivity contribution in [2.24, 2.45) is 0 Å². The number of hydrogen-bond acceptors (Lipinski definition) is 6. The van der Waals surface area contributed by atoms with Crippen molar-refractivity contribution in [2.45, 2.75) is 39.5 Å². The Hall–Kier alpha value is -3.07. The Kier molecular flexibility index (Phi) is 6.84. The third kappa shape index (κ3) is 5.97. The third-order valence-electron chi connectivity index (χ3n) is 5.04. The molecule has 1 aromatic carbocycles. The molecular weight excluding hydrogens is 400 g/mol. The Bertz CT molecular complexity index is 1010. The average molecular weight is 431 g/mol. The first kappa shape index (κ1) is 22.6. The summed E-state index contributed by atoms with van der Waals surface area (Å²) in [5.41, 5.74) is -0.328. The van der Waals surface area contributed by atoms with Gasteiger partial charge in [0.25, 0.3) is 5.43 Å². The van der Waals surface area contributed by atoms with Crippen molar-refractivity contribution >= 4 is 6.09 Å². The highest BCUT2D eigenvalue weighted by Gasteiger charge is 2.26. The molecule has 168 valence electrons. The summed E-state index contributed by atoms with van der Waals surface area (Å²) in [6.07, 6.45) is 1.26. The monoisotopic (exact) mass is 430 g/mol. The summed E-state index contributed by atoms with van der Waals surface area (Å²) in [4.78, 5) is 41.0. The van der Waals surface area contributed by atoms with Crippen LogP contribution in [0.1, 0.15) is 31.9 Å². The van der Waals surface area contributed by atoms with Crippen molar-refractivity contribution < 1.29 is 14.3 Å². The van der Waals surface area contributed by atoms with E-state index in [2.05, 4.69) is 10.00 Å². The van der Waals surface area contributed by atoms with Gasteiger partial charge in [0.2, 0.25) is 0 Å². The second-order valence-corrected chi connectivity index (χ2v) is 8.61. The van der Waals surface area contributed by atoms with Gasteiger partial charge in [0.15, 0.2) is 0 Å². The lowest BCUT2D eigenvalue weighted by molar-refractivity contribution is 0.0138. The molecular formula is C22H30N4O5. The van der Waals surface area contributed by atoms with Gasteiger partial charge in [0, 0.05) is 44.5 Å². The topological polar surface area (TPSA) is 96.9 Å². The number of piperazine rings is 1. The number of hydrogen-bond donors (Lipinski definition) is 1. The Morgan fingerprint density at radius 1 is 1.03 bits per heavy atom. The molecule has 2 aromatic rings. The van der Waals surface area contributed by atoms with Crippen LogP contribution in [0.3, 0.4) is 0 Å². The molecule has 0 aliphatic carbocycles. The lowest BCUT2D eigenvalue weighted by atomic mass is 10.2. The normalized spacial score (nSPS) is 15.0. The van der Waals surface area contributed by atoms with Gasteiger partial charge in [-0.2, -0.15) is 0 Å². The molecule has 0 spiro atoms. The quantitative estimate of drug-likeness (QED) is 0.725. The zero-order valence-electron chi connectivity index (χ0n) is 18.5. The van der Waals surface area contributed by atoms with E-state index in [1.165, 1.54) is 4.68 Å². The fourth-order valence-corrected chi connectivity index (χ4v) is 3.34. The molecule has 1 saturated heterocycles. The standard InChI is InChI=1S/C22H30N4O5/c1-22(2,3)31-21(29)25-11-9-24(10-12-25)15-17-13-23-26(20(28)19(17)27)14-16-5-7-18(30-4)8-6-16/h5-8,13,23H,9-12,14-15H2,1-4H3. The molecule has 1 aliphatic rings. The van der Waals surface area contributed by atoms with Crippen LogP contribution in [0.2, 0.25) is 0 Å². The summed E-state index contributed by atoms with van der Waals surface area (Å²) in [6.45, 7) is 8.38. The summed E-state index contributed by atoms with van der Waals surface area (Å²) in [6, 6.07) is 7.32. The van der Waals surface area contributed by atoms with Crippen molar-refractivity contribution in [3.63, 3.8) is 0 Å². The highest BCUT2D eigenvalue weighted by molar-refractivity contribution is 5.68. The van der Waals surface area contributed by atoms with Crippen molar-refractivity contribution in [1.82, 2.24) is 19.6 Å². The molecule has 0 saturated carbocycles. The lowest BCUT2D eigenvalue weighted by Gasteiger charge is -2.35. The zero-order valence-corrected chi connectivity index (χ0v) is 18.5. The summed E-state index contributed by atoms with van der Waals surface area (Å²) in [5.74, 6) is 0.728. The third-order valence-corrected chi connectivity index (χ3v) is 5.04. The van der Waals surface area contributed by atoms with Crippen molar-refractivity contribution in [2.75, 3.05) is 33.3 Å². The van der Waals surface area contributed by atoms with Crippen LogP contribution in [-0.2, 0) is 17.8 Å². The predicted octanol–water partition coefficient (Wildman–Crippen LogP) is 1.65. The Morgan fingerprint density at radius 3 is 2.26 bits per heavy atom. The molecule has 1 fully saturated rings. The van der Waals surface area contributed by atoms with Crippen molar-refractivity contribution in [1.29, 1.82) is 0 Å². The molecule has 1 N–H and O–H groups in total. The molecule has 2 heterocycles. The van der Waals surface area contributed by atoms with E-state index >= 15 is 0 Å².